The predicted molar refractivity (Wildman–Crippen MR) is 68.4 cm³/mol. The number of aryl methyl sites for hydroxylation is 1. The Kier molecular flexibility index (Phi) is 4.28. The molecule has 1 aromatic rings. The lowest BCUT2D eigenvalue weighted by Gasteiger charge is -2.16. The zero-order valence-corrected chi connectivity index (χ0v) is 11.0. The Morgan fingerprint density at radius 1 is 1.41 bits per heavy atom. The van der Waals surface area contributed by atoms with Crippen LogP contribution in [0.15, 0.2) is 29.4 Å². The number of hydrogen-bond donors (Lipinski definition) is 1. The van der Waals surface area contributed by atoms with Crippen LogP contribution in [0.1, 0.15) is 24.5 Å². The lowest BCUT2D eigenvalue weighted by molar-refractivity contribution is 0.318. The minimum atomic E-state index is -3.28. The van der Waals surface area contributed by atoms with Crippen LogP contribution in [0, 0.1) is 6.92 Å². The monoisotopic (exact) mass is 255 g/mol. The molecule has 1 N–H and O–H groups in total. The Morgan fingerprint density at radius 2 is 2.00 bits per heavy atom. The third-order valence-corrected chi connectivity index (χ3v) is 4.31. The molecule has 0 radical (unpaired) electrons. The number of rotatable bonds is 4. The van der Waals surface area contributed by atoms with Crippen LogP contribution in [0.3, 0.4) is 0 Å². The van der Waals surface area contributed by atoms with E-state index in [2.05, 4.69) is 5.16 Å². The molecule has 1 aromatic carbocycles. The summed E-state index contributed by atoms with van der Waals surface area (Å²) in [6.07, 6.45) is 1.54. The fourth-order valence-electron chi connectivity index (χ4n) is 1.85. The van der Waals surface area contributed by atoms with E-state index in [1.807, 2.05) is 19.1 Å². The Bertz CT molecular complexity index is 520. The van der Waals surface area contributed by atoms with Crippen molar-refractivity contribution >= 4 is 15.5 Å². The van der Waals surface area contributed by atoms with Gasteiger partial charge in [0.2, 0.25) is 0 Å². The maximum Gasteiger partial charge on any atom is 0.156 e. The molecule has 0 aliphatic heterocycles. The fraction of sp³-hybridized carbons (Fsp3) is 0.417. The third kappa shape index (κ3) is 3.06. The van der Waals surface area contributed by atoms with Crippen molar-refractivity contribution in [3.63, 3.8) is 0 Å². The van der Waals surface area contributed by atoms with Crippen LogP contribution in [0.5, 0.6) is 0 Å². The van der Waals surface area contributed by atoms with E-state index >= 15 is 0 Å². The van der Waals surface area contributed by atoms with Crippen molar-refractivity contribution in [2.45, 2.75) is 25.5 Å². The Balaban J connectivity index is 3.31. The highest BCUT2D eigenvalue weighted by molar-refractivity contribution is 7.92. The van der Waals surface area contributed by atoms with Crippen LogP contribution in [-0.4, -0.2) is 30.8 Å². The van der Waals surface area contributed by atoms with Crippen molar-refractivity contribution in [2.24, 2.45) is 5.16 Å². The number of hydrogen-bond acceptors (Lipinski definition) is 4. The zero-order valence-electron chi connectivity index (χ0n) is 10.2. The van der Waals surface area contributed by atoms with Gasteiger partial charge in [-0.2, -0.15) is 0 Å². The summed E-state index contributed by atoms with van der Waals surface area (Å²) in [5.74, 6) is 0. The molecule has 0 heterocycles. The van der Waals surface area contributed by atoms with Gasteiger partial charge in [0.25, 0.3) is 0 Å². The topological polar surface area (TPSA) is 66.7 Å². The molecule has 5 heteroatoms. The Labute approximate surface area is 102 Å². The lowest BCUT2D eigenvalue weighted by atomic mass is 10.0. The maximum atomic E-state index is 11.7. The van der Waals surface area contributed by atoms with Crippen LogP contribution in [-0.2, 0) is 9.84 Å². The summed E-state index contributed by atoms with van der Waals surface area (Å²) in [4.78, 5) is 0. The molecule has 0 aliphatic rings. The summed E-state index contributed by atoms with van der Waals surface area (Å²) >= 11 is 0. The van der Waals surface area contributed by atoms with E-state index in [4.69, 9.17) is 5.21 Å². The molecule has 0 aliphatic carbocycles. The Morgan fingerprint density at radius 3 is 2.41 bits per heavy atom. The smallest absolute Gasteiger partial charge is 0.156 e. The molecule has 0 bridgehead atoms. The molecule has 0 fully saturated rings. The molecule has 0 saturated carbocycles. The normalized spacial score (nSPS) is 14.6. The molecule has 1 atom stereocenters. The van der Waals surface area contributed by atoms with Crippen molar-refractivity contribution in [2.75, 3.05) is 6.26 Å². The zero-order chi connectivity index (χ0) is 13.1. The minimum Gasteiger partial charge on any atom is -0.411 e. The summed E-state index contributed by atoms with van der Waals surface area (Å²) in [7, 11) is -3.28. The quantitative estimate of drug-likeness (QED) is 0.508. The second-order valence-electron chi connectivity index (χ2n) is 4.03. The average Bonchev–Trinajstić information content (AvgIpc) is 2.25. The maximum absolute atomic E-state index is 11.7. The molecular weight excluding hydrogens is 238 g/mol. The first-order chi connectivity index (χ1) is 7.91. The SMILES string of the molecule is CCC(C(=NO)c1ccccc1C)S(C)(=O)=O. The van der Waals surface area contributed by atoms with E-state index in [9.17, 15) is 8.42 Å². The van der Waals surface area contributed by atoms with Crippen LogP contribution in [0.2, 0.25) is 0 Å². The molecular formula is C12H17NO3S. The summed E-state index contributed by atoms with van der Waals surface area (Å²) < 4.78 is 23.3. The number of nitrogens with zero attached hydrogens (tertiary/aromatic N) is 1. The van der Waals surface area contributed by atoms with E-state index in [-0.39, 0.29) is 5.71 Å². The molecule has 0 spiro atoms. The van der Waals surface area contributed by atoms with Gasteiger partial charge in [0, 0.05) is 11.8 Å². The highest BCUT2D eigenvalue weighted by Gasteiger charge is 2.27. The lowest BCUT2D eigenvalue weighted by Crippen LogP contribution is -2.30. The second-order valence-corrected chi connectivity index (χ2v) is 6.25. The van der Waals surface area contributed by atoms with E-state index in [1.165, 1.54) is 0 Å². The Hall–Kier alpha value is -1.36. The molecule has 94 valence electrons. The first-order valence-corrected chi connectivity index (χ1v) is 7.34. The molecule has 0 amide bonds. The summed E-state index contributed by atoms with van der Waals surface area (Å²) in [6.45, 7) is 3.62. The van der Waals surface area contributed by atoms with Crippen molar-refractivity contribution in [1.82, 2.24) is 0 Å². The average molecular weight is 255 g/mol. The van der Waals surface area contributed by atoms with Crippen molar-refractivity contribution in [3.05, 3.63) is 35.4 Å². The van der Waals surface area contributed by atoms with Gasteiger partial charge in [0.15, 0.2) is 9.84 Å². The van der Waals surface area contributed by atoms with Gasteiger partial charge in [-0.15, -0.1) is 0 Å². The van der Waals surface area contributed by atoms with E-state index in [1.54, 1.807) is 19.1 Å². The number of benzene rings is 1. The third-order valence-electron chi connectivity index (χ3n) is 2.72. The van der Waals surface area contributed by atoms with Gasteiger partial charge in [0.1, 0.15) is 11.0 Å². The predicted octanol–water partition coefficient (Wildman–Crippen LogP) is 2.00. The summed E-state index contributed by atoms with van der Waals surface area (Å²) in [6, 6.07) is 7.27. The van der Waals surface area contributed by atoms with E-state index < -0.39 is 15.1 Å². The van der Waals surface area contributed by atoms with E-state index in [0.29, 0.717) is 12.0 Å². The molecule has 17 heavy (non-hydrogen) atoms. The first kappa shape index (κ1) is 13.7. The van der Waals surface area contributed by atoms with Gasteiger partial charge in [-0.25, -0.2) is 8.42 Å². The fourth-order valence-corrected chi connectivity index (χ4v) is 3.04. The van der Waals surface area contributed by atoms with Gasteiger partial charge in [-0.3, -0.25) is 0 Å². The second kappa shape index (κ2) is 5.31. The molecule has 4 nitrogen and oxygen atoms in total. The van der Waals surface area contributed by atoms with Gasteiger partial charge < -0.3 is 5.21 Å². The molecule has 0 aromatic heterocycles. The number of sulfone groups is 1. The van der Waals surface area contributed by atoms with Crippen molar-refractivity contribution in [3.8, 4) is 0 Å². The highest BCUT2D eigenvalue weighted by atomic mass is 32.2. The van der Waals surface area contributed by atoms with Gasteiger partial charge in [-0.05, 0) is 18.9 Å². The number of oxime groups is 1. The van der Waals surface area contributed by atoms with E-state index in [0.717, 1.165) is 11.8 Å². The van der Waals surface area contributed by atoms with Crippen molar-refractivity contribution in [1.29, 1.82) is 0 Å². The largest absolute Gasteiger partial charge is 0.411 e. The van der Waals surface area contributed by atoms with Crippen LogP contribution in [0.25, 0.3) is 0 Å². The minimum absolute atomic E-state index is 0.216. The van der Waals surface area contributed by atoms with Gasteiger partial charge in [0.05, 0.1) is 0 Å². The van der Waals surface area contributed by atoms with Gasteiger partial charge >= 0.3 is 0 Å². The standard InChI is InChI=1S/C12H17NO3S/c1-4-11(17(3,15)16)12(13-14)10-8-6-5-7-9(10)2/h5-8,11,14H,4H2,1-3H3. The van der Waals surface area contributed by atoms with Crippen molar-refractivity contribution < 1.29 is 13.6 Å². The molecule has 1 unspecified atom stereocenters. The molecule has 1 rings (SSSR count). The molecule has 0 saturated heterocycles. The van der Waals surface area contributed by atoms with Crippen LogP contribution < -0.4 is 0 Å². The highest BCUT2D eigenvalue weighted by Crippen LogP contribution is 2.17. The van der Waals surface area contributed by atoms with Gasteiger partial charge in [-0.1, -0.05) is 36.3 Å². The van der Waals surface area contributed by atoms with Crippen LogP contribution >= 0.6 is 0 Å². The summed E-state index contributed by atoms with van der Waals surface area (Å²) in [5, 5.41) is 11.5. The summed E-state index contributed by atoms with van der Waals surface area (Å²) in [5.41, 5.74) is 1.78. The first-order valence-electron chi connectivity index (χ1n) is 5.38. The van der Waals surface area contributed by atoms with Crippen LogP contribution in [0.4, 0.5) is 0 Å².